The van der Waals surface area contributed by atoms with Crippen LogP contribution in [-0.2, 0) is 4.79 Å². The Balaban J connectivity index is 2.74. The van der Waals surface area contributed by atoms with E-state index in [1.165, 1.54) is 6.07 Å². The smallest absolute Gasteiger partial charge is 0.225 e. The van der Waals surface area contributed by atoms with Crippen LogP contribution in [0.4, 0.5) is 15.8 Å². The number of rotatable bonds is 6. The largest absolute Gasteiger partial charge is 0.370 e. The Morgan fingerprint density at radius 3 is 2.63 bits per heavy atom. The van der Waals surface area contributed by atoms with Gasteiger partial charge in [-0.1, -0.05) is 0 Å². The second-order valence-electron chi connectivity index (χ2n) is 4.77. The maximum absolute atomic E-state index is 14.0. The fourth-order valence-electron chi connectivity index (χ4n) is 1.61. The van der Waals surface area contributed by atoms with E-state index in [1.807, 2.05) is 25.8 Å². The first kappa shape index (κ1) is 15.4. The van der Waals surface area contributed by atoms with Gasteiger partial charge in [0.2, 0.25) is 5.91 Å². The topological polar surface area (TPSA) is 44.4 Å². The maximum Gasteiger partial charge on any atom is 0.225 e. The van der Waals surface area contributed by atoms with Crippen LogP contribution in [0.3, 0.4) is 0 Å². The van der Waals surface area contributed by atoms with Gasteiger partial charge in [-0.2, -0.15) is 0 Å². The Hall–Kier alpha value is -1.62. The molecule has 4 nitrogen and oxygen atoms in total. The zero-order valence-corrected chi connectivity index (χ0v) is 12.0. The highest BCUT2D eigenvalue weighted by atomic mass is 19.1. The number of benzene rings is 1. The molecule has 0 bridgehead atoms. The van der Waals surface area contributed by atoms with Crippen molar-refractivity contribution in [3.8, 4) is 0 Å². The Morgan fingerprint density at radius 1 is 1.42 bits per heavy atom. The first-order chi connectivity index (χ1) is 8.95. The highest BCUT2D eigenvalue weighted by molar-refractivity contribution is 5.91. The minimum absolute atomic E-state index is 0.126. The van der Waals surface area contributed by atoms with E-state index < -0.39 is 0 Å². The van der Waals surface area contributed by atoms with Gasteiger partial charge < -0.3 is 15.5 Å². The molecule has 1 amide bonds. The molecule has 0 spiro atoms. The molecule has 1 rings (SSSR count). The normalized spacial score (nSPS) is 10.6. The summed E-state index contributed by atoms with van der Waals surface area (Å²) in [4.78, 5) is 13.4. The molecule has 0 aliphatic carbocycles. The Bertz CT molecular complexity index is 435. The van der Waals surface area contributed by atoms with Crippen molar-refractivity contribution in [3.05, 3.63) is 24.0 Å². The van der Waals surface area contributed by atoms with Gasteiger partial charge in [-0.3, -0.25) is 4.79 Å². The monoisotopic (exact) mass is 267 g/mol. The number of nitrogens with one attached hydrogen (secondary N) is 2. The van der Waals surface area contributed by atoms with E-state index >= 15 is 0 Å². The van der Waals surface area contributed by atoms with Gasteiger partial charge in [0.1, 0.15) is 5.82 Å². The zero-order valence-electron chi connectivity index (χ0n) is 12.0. The molecular formula is C14H22FN3O. The predicted molar refractivity (Wildman–Crippen MR) is 77.1 cm³/mol. The predicted octanol–water partition coefficient (Wildman–Crippen LogP) is 2.22. The molecule has 5 heteroatoms. The van der Waals surface area contributed by atoms with Crippen LogP contribution in [0.1, 0.15) is 20.3 Å². The highest BCUT2D eigenvalue weighted by Gasteiger charge is 2.11. The third-order valence-corrected chi connectivity index (χ3v) is 2.99. The molecular weight excluding hydrogens is 245 g/mol. The minimum atomic E-state index is -0.331. The molecule has 0 radical (unpaired) electrons. The van der Waals surface area contributed by atoms with Crippen molar-refractivity contribution in [2.75, 3.05) is 30.9 Å². The van der Waals surface area contributed by atoms with Crippen LogP contribution in [0, 0.1) is 5.82 Å². The second-order valence-corrected chi connectivity index (χ2v) is 4.77. The fourth-order valence-corrected chi connectivity index (χ4v) is 1.61. The summed E-state index contributed by atoms with van der Waals surface area (Å²) in [6.07, 6.45) is 0.367. The van der Waals surface area contributed by atoms with E-state index in [0.29, 0.717) is 24.3 Å². The lowest BCUT2D eigenvalue weighted by Crippen LogP contribution is -2.26. The van der Waals surface area contributed by atoms with Crippen LogP contribution in [0.15, 0.2) is 18.2 Å². The summed E-state index contributed by atoms with van der Waals surface area (Å²) in [6.45, 7) is 4.59. The minimum Gasteiger partial charge on any atom is -0.370 e. The van der Waals surface area contributed by atoms with Gasteiger partial charge in [0.25, 0.3) is 0 Å². The van der Waals surface area contributed by atoms with Crippen LogP contribution in [-0.4, -0.2) is 32.6 Å². The molecule has 106 valence electrons. The van der Waals surface area contributed by atoms with Crippen LogP contribution in [0.2, 0.25) is 0 Å². The van der Waals surface area contributed by atoms with E-state index in [0.717, 1.165) is 0 Å². The van der Waals surface area contributed by atoms with E-state index in [1.54, 1.807) is 19.2 Å². The molecule has 0 saturated heterocycles. The third kappa shape index (κ3) is 4.52. The summed E-state index contributed by atoms with van der Waals surface area (Å²) in [6, 6.07) is 4.97. The molecule has 1 aromatic carbocycles. The first-order valence-electron chi connectivity index (χ1n) is 6.42. The Morgan fingerprint density at radius 2 is 2.11 bits per heavy atom. The summed E-state index contributed by atoms with van der Waals surface area (Å²) in [5.74, 6) is -0.457. The molecule has 19 heavy (non-hydrogen) atoms. The first-order valence-corrected chi connectivity index (χ1v) is 6.42. The lowest BCUT2D eigenvalue weighted by Gasteiger charge is -2.24. The number of amides is 1. The number of carbonyl (C=O) groups excluding carboxylic acids is 1. The molecule has 0 aliphatic heterocycles. The fraction of sp³-hybridized carbons (Fsp3) is 0.500. The number of carbonyl (C=O) groups is 1. The van der Waals surface area contributed by atoms with E-state index in [2.05, 4.69) is 10.6 Å². The van der Waals surface area contributed by atoms with Gasteiger partial charge in [0.15, 0.2) is 0 Å². The number of anilines is 2. The average molecular weight is 267 g/mol. The van der Waals surface area contributed by atoms with E-state index in [4.69, 9.17) is 0 Å². The van der Waals surface area contributed by atoms with Crippen molar-refractivity contribution >= 4 is 17.3 Å². The molecule has 0 unspecified atom stereocenters. The number of halogens is 1. The Labute approximate surface area is 114 Å². The number of nitrogens with zero attached hydrogens (tertiary/aromatic N) is 1. The molecule has 0 aliphatic rings. The van der Waals surface area contributed by atoms with Gasteiger partial charge in [-0.05, 0) is 39.1 Å². The summed E-state index contributed by atoms with van der Waals surface area (Å²) in [5.41, 5.74) is 1.02. The maximum atomic E-state index is 14.0. The molecule has 0 fully saturated rings. The standard InChI is InChI=1S/C14H22FN3O/c1-10(2)18(4)13-6-5-11(9-12(13)15)17-14(19)7-8-16-3/h5-6,9-10,16H,7-8H2,1-4H3,(H,17,19). The molecule has 0 aromatic heterocycles. The summed E-state index contributed by atoms with van der Waals surface area (Å²) < 4.78 is 14.0. The number of hydrogen-bond donors (Lipinski definition) is 2. The van der Waals surface area contributed by atoms with Crippen molar-refractivity contribution in [3.63, 3.8) is 0 Å². The molecule has 0 saturated carbocycles. The number of hydrogen-bond acceptors (Lipinski definition) is 3. The van der Waals surface area contributed by atoms with Gasteiger partial charge in [0, 0.05) is 31.7 Å². The average Bonchev–Trinajstić information content (AvgIpc) is 2.35. The van der Waals surface area contributed by atoms with Crippen molar-refractivity contribution in [1.29, 1.82) is 0 Å². The lowest BCUT2D eigenvalue weighted by molar-refractivity contribution is -0.116. The van der Waals surface area contributed by atoms with Gasteiger partial charge in [-0.15, -0.1) is 0 Å². The van der Waals surface area contributed by atoms with Crippen molar-refractivity contribution in [2.24, 2.45) is 0 Å². The second kappa shape index (κ2) is 7.09. The van der Waals surface area contributed by atoms with E-state index in [9.17, 15) is 9.18 Å². The summed E-state index contributed by atoms with van der Waals surface area (Å²) in [5, 5.41) is 5.57. The highest BCUT2D eigenvalue weighted by Crippen LogP contribution is 2.23. The van der Waals surface area contributed by atoms with Gasteiger partial charge in [-0.25, -0.2) is 4.39 Å². The molecule has 2 N–H and O–H groups in total. The van der Waals surface area contributed by atoms with Crippen LogP contribution < -0.4 is 15.5 Å². The van der Waals surface area contributed by atoms with Crippen LogP contribution in [0.5, 0.6) is 0 Å². The summed E-state index contributed by atoms with van der Waals surface area (Å²) >= 11 is 0. The van der Waals surface area contributed by atoms with Crippen molar-refractivity contribution < 1.29 is 9.18 Å². The van der Waals surface area contributed by atoms with Gasteiger partial charge in [0.05, 0.1) is 5.69 Å². The third-order valence-electron chi connectivity index (χ3n) is 2.99. The quantitative estimate of drug-likeness (QED) is 0.830. The molecule has 0 atom stereocenters. The molecule has 1 aromatic rings. The summed E-state index contributed by atoms with van der Waals surface area (Å²) in [7, 11) is 3.62. The zero-order chi connectivity index (χ0) is 14.4. The van der Waals surface area contributed by atoms with Gasteiger partial charge >= 0.3 is 0 Å². The lowest BCUT2D eigenvalue weighted by atomic mass is 10.2. The van der Waals surface area contributed by atoms with Crippen molar-refractivity contribution in [1.82, 2.24) is 5.32 Å². The molecule has 0 heterocycles. The SMILES string of the molecule is CNCCC(=O)Nc1ccc(N(C)C(C)C)c(F)c1. The van der Waals surface area contributed by atoms with Crippen LogP contribution in [0.25, 0.3) is 0 Å². The van der Waals surface area contributed by atoms with Crippen LogP contribution >= 0.6 is 0 Å². The van der Waals surface area contributed by atoms with Crippen molar-refractivity contribution in [2.45, 2.75) is 26.3 Å². The van der Waals surface area contributed by atoms with E-state index in [-0.39, 0.29) is 17.8 Å². The Kier molecular flexibility index (Phi) is 5.76.